The molecule has 13 nitrogen and oxygen atoms in total. The van der Waals surface area contributed by atoms with E-state index >= 15 is 0 Å². The molecule has 0 radical (unpaired) electrons. The minimum atomic E-state index is -2.62. The maximum absolute atomic E-state index is 12.7. The lowest BCUT2D eigenvalue weighted by atomic mass is 9.84. The predicted molar refractivity (Wildman–Crippen MR) is 113 cm³/mol. The number of rotatable bonds is 4. The smallest absolute Gasteiger partial charge is 0.251 e. The summed E-state index contributed by atoms with van der Waals surface area (Å²) in [7, 11) is 0. The second-order valence-electron chi connectivity index (χ2n) is 8.61. The Morgan fingerprint density at radius 1 is 1.12 bits per heavy atom. The number of guanidine groups is 2. The van der Waals surface area contributed by atoms with Crippen molar-refractivity contribution in [1.82, 2.24) is 31.1 Å². The van der Waals surface area contributed by atoms with Crippen LogP contribution in [0.15, 0.2) is 30.3 Å². The van der Waals surface area contributed by atoms with Crippen molar-refractivity contribution in [2.45, 2.75) is 42.4 Å². The minimum Gasteiger partial charge on any atom is -0.361 e. The summed E-state index contributed by atoms with van der Waals surface area (Å²) in [5.41, 5.74) is -1.47. The highest BCUT2D eigenvalue weighted by atomic mass is 16.5. The van der Waals surface area contributed by atoms with Gasteiger partial charge in [-0.25, -0.2) is 0 Å². The number of carbonyl (C=O) groups is 3. The number of hydrogen-bond donors (Lipinski definition) is 8. The fourth-order valence-corrected chi connectivity index (χ4v) is 5.19. The highest BCUT2D eigenvalue weighted by Crippen LogP contribution is 2.43. The maximum Gasteiger partial charge on any atom is 0.251 e. The molecule has 0 aliphatic carbocycles. The van der Waals surface area contributed by atoms with E-state index in [-0.39, 0.29) is 49.7 Å². The van der Waals surface area contributed by atoms with Crippen molar-refractivity contribution in [1.29, 1.82) is 10.8 Å². The molecule has 1 unspecified atom stereocenters. The molecule has 0 aromatic heterocycles. The van der Waals surface area contributed by atoms with Crippen molar-refractivity contribution >= 4 is 29.6 Å². The second-order valence-corrected chi connectivity index (χ2v) is 8.61. The molecule has 0 bridgehead atoms. The molecule has 1 spiro atoms. The van der Waals surface area contributed by atoms with E-state index in [1.54, 1.807) is 30.3 Å². The first-order valence-corrected chi connectivity index (χ1v) is 10.5. The molecule has 3 amide bonds. The lowest BCUT2D eigenvalue weighted by Crippen LogP contribution is -2.81. The predicted octanol–water partition coefficient (Wildman–Crippen LogP) is -2.97. The molecule has 4 saturated heterocycles. The molecule has 33 heavy (non-hydrogen) atoms. The third-order valence-electron chi connectivity index (χ3n) is 6.77. The monoisotopic (exact) mass is 456 g/mol. The van der Waals surface area contributed by atoms with Crippen LogP contribution in [0.2, 0.25) is 0 Å². The van der Waals surface area contributed by atoms with Crippen molar-refractivity contribution < 1.29 is 24.6 Å². The van der Waals surface area contributed by atoms with E-state index in [2.05, 4.69) is 21.3 Å². The first-order valence-electron chi connectivity index (χ1n) is 10.5. The summed E-state index contributed by atoms with van der Waals surface area (Å²) in [4.78, 5) is 39.4. The number of likely N-dealkylation sites (tertiary alicyclic amines) is 1. The Labute approximate surface area is 188 Å². The molecular weight excluding hydrogens is 432 g/mol. The fraction of sp³-hybridized carbons (Fsp3) is 0.450. The number of carbonyl (C=O) groups excluding carboxylic acids is 3. The summed E-state index contributed by atoms with van der Waals surface area (Å²) < 4.78 is 0. The van der Waals surface area contributed by atoms with Gasteiger partial charge >= 0.3 is 0 Å². The van der Waals surface area contributed by atoms with Gasteiger partial charge in [0.15, 0.2) is 17.6 Å². The summed E-state index contributed by atoms with van der Waals surface area (Å²) in [6, 6.07) is 5.35. The summed E-state index contributed by atoms with van der Waals surface area (Å²) >= 11 is 0. The Kier molecular flexibility index (Phi) is 4.58. The molecule has 0 saturated carbocycles. The van der Waals surface area contributed by atoms with Gasteiger partial charge in [0, 0.05) is 24.9 Å². The zero-order chi connectivity index (χ0) is 23.5. The average Bonchev–Trinajstić information content (AvgIpc) is 3.37. The van der Waals surface area contributed by atoms with E-state index in [0.29, 0.717) is 5.56 Å². The van der Waals surface area contributed by atoms with Gasteiger partial charge in [0.25, 0.3) is 5.91 Å². The number of aliphatic hydroxyl groups is 2. The molecule has 4 aliphatic rings. The van der Waals surface area contributed by atoms with Crippen LogP contribution in [0.1, 0.15) is 23.2 Å². The second kappa shape index (κ2) is 7.15. The highest BCUT2D eigenvalue weighted by Gasteiger charge is 2.74. The molecule has 4 atom stereocenters. The van der Waals surface area contributed by atoms with Crippen LogP contribution in [-0.2, 0) is 9.59 Å². The number of hydrogen-bond acceptors (Lipinski definition) is 7. The van der Waals surface area contributed by atoms with E-state index in [1.807, 2.05) is 0 Å². The number of nitrogens with zero attached hydrogens (tertiary/aromatic N) is 2. The van der Waals surface area contributed by atoms with Gasteiger partial charge in [0.1, 0.15) is 6.04 Å². The SMILES string of the molecule is N=C1N[C@H]2[C@H](CN3C(=O)CCC3=O)NC(=N)N3CC(NC(=O)c4ccccc4)C(O)(O)[C@]23N1. The summed E-state index contributed by atoms with van der Waals surface area (Å²) in [6.45, 7) is -0.246. The van der Waals surface area contributed by atoms with Crippen LogP contribution in [0, 0.1) is 10.8 Å². The van der Waals surface area contributed by atoms with E-state index in [4.69, 9.17) is 10.8 Å². The molecule has 174 valence electrons. The zero-order valence-electron chi connectivity index (χ0n) is 17.5. The van der Waals surface area contributed by atoms with Crippen LogP contribution >= 0.6 is 0 Å². The Morgan fingerprint density at radius 2 is 1.79 bits per heavy atom. The molecule has 4 heterocycles. The third kappa shape index (κ3) is 2.96. The van der Waals surface area contributed by atoms with Gasteiger partial charge < -0.3 is 36.4 Å². The lowest BCUT2D eigenvalue weighted by molar-refractivity contribution is -0.232. The normalized spacial score (nSPS) is 32.1. The fourth-order valence-electron chi connectivity index (χ4n) is 5.19. The molecular formula is C20H24N8O5. The lowest BCUT2D eigenvalue weighted by Gasteiger charge is -2.51. The van der Waals surface area contributed by atoms with Gasteiger partial charge in [0.2, 0.25) is 17.6 Å². The van der Waals surface area contributed by atoms with Crippen LogP contribution in [0.5, 0.6) is 0 Å². The molecule has 5 rings (SSSR count). The summed E-state index contributed by atoms with van der Waals surface area (Å²) in [5.74, 6) is -4.24. The Balaban J connectivity index is 1.46. The molecule has 4 fully saturated rings. The van der Waals surface area contributed by atoms with Crippen molar-refractivity contribution in [2.75, 3.05) is 13.1 Å². The van der Waals surface area contributed by atoms with Crippen LogP contribution in [-0.4, -0.2) is 92.3 Å². The van der Waals surface area contributed by atoms with E-state index in [1.165, 1.54) is 4.90 Å². The van der Waals surface area contributed by atoms with Gasteiger partial charge in [-0.1, -0.05) is 18.2 Å². The van der Waals surface area contributed by atoms with Crippen LogP contribution in [0.25, 0.3) is 0 Å². The number of benzene rings is 1. The van der Waals surface area contributed by atoms with Crippen LogP contribution in [0.3, 0.4) is 0 Å². The molecule has 13 heteroatoms. The molecule has 1 aromatic rings. The first kappa shape index (κ1) is 21.2. The Bertz CT molecular complexity index is 1050. The largest absolute Gasteiger partial charge is 0.361 e. The Hall–Kier alpha value is -3.71. The van der Waals surface area contributed by atoms with E-state index < -0.39 is 35.5 Å². The number of amides is 3. The highest BCUT2D eigenvalue weighted by molar-refractivity contribution is 6.02. The summed E-state index contributed by atoms with van der Waals surface area (Å²) in [6.07, 6.45) is 0.202. The summed E-state index contributed by atoms with van der Waals surface area (Å²) in [5, 5.41) is 50.5. The zero-order valence-corrected chi connectivity index (χ0v) is 17.5. The van der Waals surface area contributed by atoms with Crippen LogP contribution < -0.4 is 21.3 Å². The molecule has 8 N–H and O–H groups in total. The van der Waals surface area contributed by atoms with Gasteiger partial charge in [-0.15, -0.1) is 0 Å². The van der Waals surface area contributed by atoms with Crippen LogP contribution in [0.4, 0.5) is 0 Å². The van der Waals surface area contributed by atoms with Crippen molar-refractivity contribution in [2.24, 2.45) is 0 Å². The molecule has 1 aromatic carbocycles. The van der Waals surface area contributed by atoms with E-state index in [9.17, 15) is 24.6 Å². The van der Waals surface area contributed by atoms with E-state index in [0.717, 1.165) is 4.90 Å². The first-order chi connectivity index (χ1) is 15.6. The van der Waals surface area contributed by atoms with Gasteiger partial charge in [0.05, 0.1) is 18.6 Å². The quantitative estimate of drug-likeness (QED) is 0.172. The van der Waals surface area contributed by atoms with Crippen molar-refractivity contribution in [3.63, 3.8) is 0 Å². The number of imide groups is 1. The van der Waals surface area contributed by atoms with Crippen molar-refractivity contribution in [3.05, 3.63) is 35.9 Å². The molecule has 4 aliphatic heterocycles. The standard InChI is InChI=1S/C20H24N8O5/c21-17-25-15-11(8-27-13(29)6-7-14(27)30)23-18(22)28-9-12(20(32,33)19(15,28)26-17)24-16(31)10-4-2-1-3-5-10/h1-5,11-12,15,32-33H,6-9H2,(H2,22,23)(H,24,31)(H3,21,25,26)/t11-,12?,15-,19-/m0/s1. The topological polar surface area (TPSA) is 194 Å². The van der Waals surface area contributed by atoms with Gasteiger partial charge in [-0.3, -0.25) is 30.1 Å². The minimum absolute atomic E-state index is 0.101. The Morgan fingerprint density at radius 3 is 2.45 bits per heavy atom. The van der Waals surface area contributed by atoms with Crippen molar-refractivity contribution in [3.8, 4) is 0 Å². The number of nitrogens with one attached hydrogen (secondary N) is 6. The van der Waals surface area contributed by atoms with Gasteiger partial charge in [-0.2, -0.15) is 0 Å². The maximum atomic E-state index is 12.7. The average molecular weight is 456 g/mol. The van der Waals surface area contributed by atoms with Gasteiger partial charge in [-0.05, 0) is 12.1 Å². The third-order valence-corrected chi connectivity index (χ3v) is 6.77.